The van der Waals surface area contributed by atoms with E-state index in [0.29, 0.717) is 25.1 Å². The van der Waals surface area contributed by atoms with Crippen molar-refractivity contribution in [3.8, 4) is 17.1 Å². The molecule has 0 bridgehead atoms. The number of halogens is 1. The fourth-order valence-electron chi connectivity index (χ4n) is 3.61. The molecular weight excluding hydrogens is 498 g/mol. The van der Waals surface area contributed by atoms with Gasteiger partial charge in [0.25, 0.3) is 5.91 Å². The van der Waals surface area contributed by atoms with Gasteiger partial charge in [0.1, 0.15) is 11.5 Å². The van der Waals surface area contributed by atoms with Gasteiger partial charge in [0.05, 0.1) is 12.9 Å². The molecule has 0 spiro atoms. The van der Waals surface area contributed by atoms with Crippen LogP contribution in [-0.4, -0.2) is 34.5 Å². The second kappa shape index (κ2) is 12.4. The molecule has 7 heteroatoms. The van der Waals surface area contributed by atoms with Crippen molar-refractivity contribution in [2.24, 2.45) is 0 Å². The van der Waals surface area contributed by atoms with Crippen molar-refractivity contribution in [3.05, 3.63) is 76.5 Å². The maximum Gasteiger partial charge on any atom is 0.303 e. The van der Waals surface area contributed by atoms with E-state index in [1.807, 2.05) is 73.3 Å². The van der Waals surface area contributed by atoms with E-state index in [9.17, 15) is 9.59 Å². The fraction of sp³-hybridized carbons (Fsp3) is 0.333. The maximum atomic E-state index is 13.4. The summed E-state index contributed by atoms with van der Waals surface area (Å²) in [5.74, 6) is 0.664. The summed E-state index contributed by atoms with van der Waals surface area (Å²) < 4.78 is 12.4. The van der Waals surface area contributed by atoms with Gasteiger partial charge in [0.2, 0.25) is 0 Å². The number of hydrogen-bond acceptors (Lipinski definition) is 4. The number of nitrogens with zero attached hydrogens (tertiary/aromatic N) is 1. The van der Waals surface area contributed by atoms with Crippen molar-refractivity contribution in [1.29, 1.82) is 0 Å². The minimum Gasteiger partial charge on any atom is -0.493 e. The molecule has 3 aromatic rings. The number of rotatable bonds is 12. The molecule has 34 heavy (non-hydrogen) atoms. The summed E-state index contributed by atoms with van der Waals surface area (Å²) in [7, 11) is 0. The molecule has 2 aromatic carbocycles. The number of amides is 1. The lowest BCUT2D eigenvalue weighted by Gasteiger charge is -2.28. The second-order valence-corrected chi connectivity index (χ2v) is 9.30. The van der Waals surface area contributed by atoms with Crippen LogP contribution in [0.2, 0.25) is 0 Å². The van der Waals surface area contributed by atoms with E-state index >= 15 is 0 Å². The van der Waals surface area contributed by atoms with Gasteiger partial charge in [-0.15, -0.1) is 0 Å². The highest BCUT2D eigenvalue weighted by Gasteiger charge is 2.21. The first-order chi connectivity index (χ1) is 16.3. The molecule has 3 rings (SSSR count). The highest BCUT2D eigenvalue weighted by molar-refractivity contribution is 9.10. The first kappa shape index (κ1) is 25.6. The van der Waals surface area contributed by atoms with Crippen LogP contribution in [0.25, 0.3) is 11.3 Å². The lowest BCUT2D eigenvalue weighted by molar-refractivity contribution is -0.137. The van der Waals surface area contributed by atoms with Crippen molar-refractivity contribution in [2.45, 2.75) is 52.1 Å². The molecule has 180 valence electrons. The van der Waals surface area contributed by atoms with Gasteiger partial charge < -0.3 is 19.2 Å². The third-order valence-corrected chi connectivity index (χ3v) is 5.97. The Hall–Kier alpha value is -3.06. The molecule has 0 aliphatic heterocycles. The fourth-order valence-corrected chi connectivity index (χ4v) is 4.02. The van der Waals surface area contributed by atoms with E-state index in [1.54, 1.807) is 6.26 Å². The van der Waals surface area contributed by atoms with Gasteiger partial charge >= 0.3 is 5.97 Å². The summed E-state index contributed by atoms with van der Waals surface area (Å²) in [5, 5.41) is 8.75. The molecule has 0 aliphatic carbocycles. The van der Waals surface area contributed by atoms with Crippen LogP contribution in [0.3, 0.4) is 0 Å². The van der Waals surface area contributed by atoms with Crippen molar-refractivity contribution in [2.75, 3.05) is 6.61 Å². The Bertz CT molecular complexity index is 1080. The first-order valence-electron chi connectivity index (χ1n) is 11.4. The van der Waals surface area contributed by atoms with Crippen LogP contribution in [0.15, 0.2) is 69.8 Å². The number of carbonyl (C=O) groups excluding carboxylic acids is 1. The minimum absolute atomic E-state index is 0.0138. The van der Waals surface area contributed by atoms with E-state index in [-0.39, 0.29) is 18.4 Å². The minimum atomic E-state index is -0.773. The van der Waals surface area contributed by atoms with Gasteiger partial charge in [-0.25, -0.2) is 0 Å². The predicted octanol–water partition coefficient (Wildman–Crippen LogP) is 6.78. The zero-order valence-electron chi connectivity index (χ0n) is 19.5. The number of aliphatic carboxylic acids is 1. The number of hydrogen-bond donors (Lipinski definition) is 1. The van der Waals surface area contributed by atoms with Gasteiger partial charge in [-0.1, -0.05) is 28.1 Å². The normalized spacial score (nSPS) is 10.9. The Morgan fingerprint density at radius 3 is 2.47 bits per heavy atom. The molecule has 1 N–H and O–H groups in total. The number of furan rings is 1. The highest BCUT2D eigenvalue weighted by atomic mass is 79.9. The van der Waals surface area contributed by atoms with E-state index in [0.717, 1.165) is 40.0 Å². The van der Waals surface area contributed by atoms with Gasteiger partial charge in [0, 0.05) is 40.2 Å². The molecule has 0 saturated carbocycles. The Morgan fingerprint density at radius 2 is 1.82 bits per heavy atom. The topological polar surface area (TPSA) is 80.0 Å². The Morgan fingerprint density at radius 1 is 1.06 bits per heavy atom. The van der Waals surface area contributed by atoms with Crippen LogP contribution in [0.4, 0.5) is 0 Å². The average molecular weight is 528 g/mol. The SMILES string of the molecule is CC(C)N(Cc1cc(Br)ccc1OCCCCCC(=O)O)C(=O)c1ccc(-c2ccco2)cc1. The molecule has 0 unspecified atom stereocenters. The van der Waals surface area contributed by atoms with Gasteiger partial charge in [-0.2, -0.15) is 0 Å². The zero-order chi connectivity index (χ0) is 24.5. The molecule has 0 atom stereocenters. The predicted molar refractivity (Wildman–Crippen MR) is 135 cm³/mol. The summed E-state index contributed by atoms with van der Waals surface area (Å²) >= 11 is 3.52. The summed E-state index contributed by atoms with van der Waals surface area (Å²) in [6.45, 7) is 4.90. The molecule has 0 fully saturated rings. The molecule has 0 radical (unpaired) electrons. The van der Waals surface area contributed by atoms with Crippen LogP contribution < -0.4 is 4.74 Å². The van der Waals surface area contributed by atoms with E-state index in [4.69, 9.17) is 14.3 Å². The molecule has 0 aliphatic rings. The number of carbonyl (C=O) groups is 2. The Kier molecular flexibility index (Phi) is 9.33. The Labute approximate surface area is 208 Å². The van der Waals surface area contributed by atoms with Crippen LogP contribution in [-0.2, 0) is 11.3 Å². The molecule has 6 nitrogen and oxygen atoms in total. The lowest BCUT2D eigenvalue weighted by atomic mass is 10.1. The van der Waals surface area contributed by atoms with Crippen molar-refractivity contribution >= 4 is 27.8 Å². The lowest BCUT2D eigenvalue weighted by Crippen LogP contribution is -2.36. The van der Waals surface area contributed by atoms with Crippen molar-refractivity contribution < 1.29 is 23.8 Å². The van der Waals surface area contributed by atoms with Gasteiger partial charge in [-0.05, 0) is 75.6 Å². The second-order valence-electron chi connectivity index (χ2n) is 8.39. The molecule has 1 amide bonds. The smallest absolute Gasteiger partial charge is 0.303 e. The number of ether oxygens (including phenoxy) is 1. The summed E-state index contributed by atoms with van der Waals surface area (Å²) in [4.78, 5) is 25.8. The van der Waals surface area contributed by atoms with Gasteiger partial charge in [0.15, 0.2) is 0 Å². The Balaban J connectivity index is 1.69. The van der Waals surface area contributed by atoms with Crippen LogP contribution in [0.5, 0.6) is 5.75 Å². The maximum absolute atomic E-state index is 13.4. The summed E-state index contributed by atoms with van der Waals surface area (Å²) in [5.41, 5.74) is 2.44. The summed E-state index contributed by atoms with van der Waals surface area (Å²) in [6, 6.07) is 16.9. The average Bonchev–Trinajstić information content (AvgIpc) is 3.35. The highest BCUT2D eigenvalue weighted by Crippen LogP contribution is 2.27. The van der Waals surface area contributed by atoms with Gasteiger partial charge in [-0.3, -0.25) is 9.59 Å². The standard InChI is InChI=1S/C27H30BrNO5/c1-19(2)29(27(32)21-11-9-20(10-12-21)24-7-6-16-34-24)18-22-17-23(28)13-14-25(22)33-15-5-3-4-8-26(30)31/h6-7,9-14,16-17,19H,3-5,8,15,18H2,1-2H3,(H,30,31). The third-order valence-electron chi connectivity index (χ3n) is 5.48. The van der Waals surface area contributed by atoms with E-state index in [1.165, 1.54) is 0 Å². The summed E-state index contributed by atoms with van der Waals surface area (Å²) in [6.07, 6.45) is 4.01. The van der Waals surface area contributed by atoms with Crippen LogP contribution >= 0.6 is 15.9 Å². The first-order valence-corrected chi connectivity index (χ1v) is 12.2. The van der Waals surface area contributed by atoms with Crippen molar-refractivity contribution in [3.63, 3.8) is 0 Å². The monoisotopic (exact) mass is 527 g/mol. The molecule has 1 heterocycles. The molecule has 0 saturated heterocycles. The molecular formula is C27H30BrNO5. The quantitative estimate of drug-likeness (QED) is 0.262. The zero-order valence-corrected chi connectivity index (χ0v) is 21.1. The largest absolute Gasteiger partial charge is 0.493 e. The van der Waals surface area contributed by atoms with E-state index in [2.05, 4.69) is 15.9 Å². The number of benzene rings is 2. The number of carboxylic acid groups (broad SMARTS) is 1. The van der Waals surface area contributed by atoms with Crippen molar-refractivity contribution in [1.82, 2.24) is 4.90 Å². The van der Waals surface area contributed by atoms with Crippen LogP contribution in [0.1, 0.15) is 55.5 Å². The van der Waals surface area contributed by atoms with E-state index < -0.39 is 5.97 Å². The number of carboxylic acids is 1. The number of unbranched alkanes of at least 4 members (excludes halogenated alkanes) is 2. The van der Waals surface area contributed by atoms with Crippen LogP contribution in [0, 0.1) is 0 Å². The molecule has 1 aromatic heterocycles. The third kappa shape index (κ3) is 7.22.